The van der Waals surface area contributed by atoms with Crippen molar-refractivity contribution in [1.82, 2.24) is 20.9 Å². The average molecular weight is 558 g/mol. The van der Waals surface area contributed by atoms with Gasteiger partial charge in [-0.3, -0.25) is 28.7 Å². The third-order valence-corrected chi connectivity index (χ3v) is 7.12. The SMILES string of the molecule is CC(C)(NC(=O)C(=O)N1CC2(CC2)C[C@H]1C(=O)N[C@@H](C[C@@H]1CCNC1=O)C(=O)COC(F)(F)F)C(F)(F)F. The average Bonchev–Trinajstić information content (AvgIpc) is 3.24. The van der Waals surface area contributed by atoms with Crippen molar-refractivity contribution in [3.8, 4) is 0 Å². The number of carbonyl (C=O) groups is 5. The smallest absolute Gasteiger partial charge is 0.356 e. The lowest BCUT2D eigenvalue weighted by molar-refractivity contribution is -0.321. The Balaban J connectivity index is 1.75. The Morgan fingerprint density at radius 1 is 1.13 bits per heavy atom. The summed E-state index contributed by atoms with van der Waals surface area (Å²) < 4.78 is 80.5. The number of carbonyl (C=O) groups excluding carboxylic acids is 5. The molecule has 3 rings (SSSR count). The van der Waals surface area contributed by atoms with Crippen LogP contribution in [0.2, 0.25) is 0 Å². The molecule has 1 spiro atoms. The molecular weight excluding hydrogens is 530 g/mol. The molecule has 10 nitrogen and oxygen atoms in total. The van der Waals surface area contributed by atoms with Gasteiger partial charge in [0.15, 0.2) is 5.78 Å². The topological polar surface area (TPSA) is 134 Å². The maximum absolute atomic E-state index is 13.2. The summed E-state index contributed by atoms with van der Waals surface area (Å²) in [4.78, 5) is 63.7. The minimum absolute atomic E-state index is 0.0460. The van der Waals surface area contributed by atoms with Crippen molar-refractivity contribution in [2.24, 2.45) is 11.3 Å². The van der Waals surface area contributed by atoms with E-state index in [0.717, 1.165) is 4.90 Å². The maximum Gasteiger partial charge on any atom is 0.522 e. The molecule has 0 radical (unpaired) electrons. The first-order chi connectivity index (χ1) is 17.3. The number of nitrogens with zero attached hydrogens (tertiary/aromatic N) is 1. The predicted molar refractivity (Wildman–Crippen MR) is 115 cm³/mol. The molecule has 0 unspecified atom stereocenters. The number of ether oxygens (including phenoxy) is 1. The zero-order chi connectivity index (χ0) is 28.7. The fourth-order valence-electron chi connectivity index (χ4n) is 4.53. The van der Waals surface area contributed by atoms with Crippen LogP contribution < -0.4 is 16.0 Å². The van der Waals surface area contributed by atoms with Gasteiger partial charge in [-0.1, -0.05) is 0 Å². The molecule has 1 aliphatic carbocycles. The summed E-state index contributed by atoms with van der Waals surface area (Å²) >= 11 is 0. The Morgan fingerprint density at radius 3 is 2.26 bits per heavy atom. The van der Waals surface area contributed by atoms with Gasteiger partial charge >= 0.3 is 24.4 Å². The lowest BCUT2D eigenvalue weighted by atomic mass is 9.95. The lowest BCUT2D eigenvalue weighted by Crippen LogP contribution is -2.59. The number of likely N-dealkylation sites (tertiary alicyclic amines) is 1. The molecule has 3 N–H and O–H groups in total. The van der Waals surface area contributed by atoms with E-state index < -0.39 is 77.5 Å². The Morgan fingerprint density at radius 2 is 1.76 bits per heavy atom. The number of Topliss-reactive ketones (excluding diaryl/α,β-unsaturated/α-hetero) is 1. The molecule has 2 heterocycles. The standard InChI is InChI=1S/C22H28F6N4O6/c1-19(2,21(23,24)25)31-17(36)18(37)32-10-20(4-5-20)8-13(32)16(35)30-12(7-11-3-6-29-15(11)34)14(33)9-38-22(26,27)28/h11-13H,3-10H2,1-2H3,(H,29,34)(H,30,35)(H,31,36)/t11-,12-,13-/m0/s1. The fraction of sp³-hybridized carbons (Fsp3) is 0.773. The largest absolute Gasteiger partial charge is 0.522 e. The third kappa shape index (κ3) is 6.94. The van der Waals surface area contributed by atoms with Gasteiger partial charge in [-0.2, -0.15) is 13.2 Å². The van der Waals surface area contributed by atoms with Gasteiger partial charge in [0.2, 0.25) is 11.8 Å². The Bertz CT molecular complexity index is 994. The fourth-order valence-corrected chi connectivity index (χ4v) is 4.53. The van der Waals surface area contributed by atoms with Crippen LogP contribution >= 0.6 is 0 Å². The number of hydrogen-bond acceptors (Lipinski definition) is 6. The molecule has 0 aromatic heterocycles. The minimum atomic E-state index is -5.13. The molecule has 2 aliphatic heterocycles. The molecule has 1 saturated carbocycles. The minimum Gasteiger partial charge on any atom is -0.356 e. The number of alkyl halides is 6. The number of amides is 4. The van der Waals surface area contributed by atoms with E-state index in [1.807, 2.05) is 0 Å². The summed E-state index contributed by atoms with van der Waals surface area (Å²) in [5.41, 5.74) is -3.27. The van der Waals surface area contributed by atoms with Crippen molar-refractivity contribution < 1.29 is 55.1 Å². The van der Waals surface area contributed by atoms with Crippen molar-refractivity contribution in [3.63, 3.8) is 0 Å². The Hall–Kier alpha value is -2.91. The number of rotatable bonds is 8. The molecule has 4 amide bonds. The molecule has 0 aromatic rings. The molecule has 214 valence electrons. The number of hydrogen-bond donors (Lipinski definition) is 3. The summed E-state index contributed by atoms with van der Waals surface area (Å²) in [5, 5.41) is 6.41. The van der Waals surface area contributed by atoms with Crippen molar-refractivity contribution in [3.05, 3.63) is 0 Å². The summed E-state index contributed by atoms with van der Waals surface area (Å²) in [6.45, 7) is 0.0636. The van der Waals surface area contributed by atoms with Crippen LogP contribution in [0.1, 0.15) is 46.0 Å². The van der Waals surface area contributed by atoms with E-state index in [-0.39, 0.29) is 32.4 Å². The molecule has 16 heteroatoms. The van der Waals surface area contributed by atoms with E-state index in [0.29, 0.717) is 26.7 Å². The number of halogens is 6. The van der Waals surface area contributed by atoms with Gasteiger partial charge in [0.25, 0.3) is 0 Å². The molecular formula is C22H28F6N4O6. The Kier molecular flexibility index (Phi) is 8.06. The van der Waals surface area contributed by atoms with Gasteiger partial charge in [-0.15, -0.1) is 13.2 Å². The van der Waals surface area contributed by atoms with Crippen LogP contribution in [0.15, 0.2) is 0 Å². The highest BCUT2D eigenvalue weighted by molar-refractivity contribution is 6.35. The highest BCUT2D eigenvalue weighted by atomic mass is 19.4. The van der Waals surface area contributed by atoms with Crippen LogP contribution in [0.3, 0.4) is 0 Å². The normalized spacial score (nSPS) is 23.7. The van der Waals surface area contributed by atoms with Crippen molar-refractivity contribution in [2.45, 2.75) is 76.1 Å². The number of nitrogens with one attached hydrogen (secondary N) is 3. The predicted octanol–water partition coefficient (Wildman–Crippen LogP) is 0.941. The zero-order valence-corrected chi connectivity index (χ0v) is 20.6. The highest BCUT2D eigenvalue weighted by Gasteiger charge is 2.57. The molecule has 3 atom stereocenters. The van der Waals surface area contributed by atoms with Gasteiger partial charge in [-0.25, -0.2) is 0 Å². The Labute approximate surface area is 213 Å². The zero-order valence-electron chi connectivity index (χ0n) is 20.6. The van der Waals surface area contributed by atoms with E-state index in [4.69, 9.17) is 0 Å². The quantitative estimate of drug-likeness (QED) is 0.300. The van der Waals surface area contributed by atoms with Crippen LogP contribution in [-0.2, 0) is 28.7 Å². The first kappa shape index (κ1) is 29.6. The van der Waals surface area contributed by atoms with Crippen LogP contribution in [0.5, 0.6) is 0 Å². The lowest BCUT2D eigenvalue weighted by Gasteiger charge is -2.30. The monoisotopic (exact) mass is 558 g/mol. The summed E-state index contributed by atoms with van der Waals surface area (Å²) in [6.07, 6.45) is -8.85. The van der Waals surface area contributed by atoms with Gasteiger partial charge in [0.1, 0.15) is 18.2 Å². The second-order valence-corrected chi connectivity index (χ2v) is 10.5. The van der Waals surface area contributed by atoms with E-state index in [9.17, 15) is 50.3 Å². The third-order valence-electron chi connectivity index (χ3n) is 7.12. The molecule has 2 saturated heterocycles. The highest BCUT2D eigenvalue weighted by Crippen LogP contribution is 2.54. The molecule has 0 bridgehead atoms. The van der Waals surface area contributed by atoms with E-state index >= 15 is 0 Å². The van der Waals surface area contributed by atoms with Crippen LogP contribution in [0, 0.1) is 11.3 Å². The van der Waals surface area contributed by atoms with Crippen LogP contribution in [-0.4, -0.2) is 84.2 Å². The van der Waals surface area contributed by atoms with Crippen LogP contribution in [0.4, 0.5) is 26.3 Å². The van der Waals surface area contributed by atoms with Crippen molar-refractivity contribution in [2.75, 3.05) is 19.7 Å². The first-order valence-corrected chi connectivity index (χ1v) is 11.9. The van der Waals surface area contributed by atoms with Crippen LogP contribution in [0.25, 0.3) is 0 Å². The van der Waals surface area contributed by atoms with Gasteiger partial charge < -0.3 is 20.9 Å². The van der Waals surface area contributed by atoms with Gasteiger partial charge in [0, 0.05) is 19.0 Å². The summed E-state index contributed by atoms with van der Waals surface area (Å²) in [5.74, 6) is -6.35. The second kappa shape index (κ2) is 10.3. The summed E-state index contributed by atoms with van der Waals surface area (Å²) in [7, 11) is 0. The van der Waals surface area contributed by atoms with Gasteiger partial charge in [-0.05, 0) is 51.4 Å². The van der Waals surface area contributed by atoms with Crippen molar-refractivity contribution in [1.29, 1.82) is 0 Å². The van der Waals surface area contributed by atoms with Gasteiger partial charge in [0.05, 0.1) is 6.04 Å². The molecule has 3 aliphatic rings. The second-order valence-electron chi connectivity index (χ2n) is 10.5. The molecule has 0 aromatic carbocycles. The maximum atomic E-state index is 13.2. The molecule has 38 heavy (non-hydrogen) atoms. The van der Waals surface area contributed by atoms with E-state index in [2.05, 4.69) is 15.4 Å². The van der Waals surface area contributed by atoms with Crippen molar-refractivity contribution >= 4 is 29.4 Å². The first-order valence-electron chi connectivity index (χ1n) is 11.9. The van der Waals surface area contributed by atoms with E-state index in [1.165, 1.54) is 0 Å². The summed E-state index contributed by atoms with van der Waals surface area (Å²) in [6, 6.07) is -2.94. The number of ketones is 1. The van der Waals surface area contributed by atoms with E-state index in [1.54, 1.807) is 5.32 Å². The molecule has 3 fully saturated rings.